The number of benzene rings is 1. The number of aromatic nitrogens is 2. The van der Waals surface area contributed by atoms with E-state index in [1.807, 2.05) is 0 Å². The fourth-order valence-corrected chi connectivity index (χ4v) is 3.35. The van der Waals surface area contributed by atoms with E-state index in [2.05, 4.69) is 36.6 Å². The molecule has 1 aliphatic rings. The van der Waals surface area contributed by atoms with Crippen molar-refractivity contribution in [2.75, 3.05) is 0 Å². The largest absolute Gasteiger partial charge is 0.328 e. The maximum Gasteiger partial charge on any atom is 0.114 e. The SMILES string of the molecule is CCn1c(C2CCCCC2N)nc2cc(C)ccc21. The molecule has 102 valence electrons. The van der Waals surface area contributed by atoms with Gasteiger partial charge in [0.1, 0.15) is 5.82 Å². The molecule has 2 atom stereocenters. The van der Waals surface area contributed by atoms with Crippen LogP contribution in [-0.2, 0) is 6.54 Å². The molecule has 0 aliphatic heterocycles. The summed E-state index contributed by atoms with van der Waals surface area (Å²) in [5.41, 5.74) is 9.97. The molecule has 1 heterocycles. The van der Waals surface area contributed by atoms with Crippen LogP contribution in [0, 0.1) is 6.92 Å². The molecule has 1 saturated carbocycles. The summed E-state index contributed by atoms with van der Waals surface area (Å²) >= 11 is 0. The molecular formula is C16H23N3. The van der Waals surface area contributed by atoms with E-state index in [0.717, 1.165) is 18.5 Å². The first-order valence-electron chi connectivity index (χ1n) is 7.43. The van der Waals surface area contributed by atoms with Gasteiger partial charge in [0.25, 0.3) is 0 Å². The number of nitrogens with two attached hydrogens (primary N) is 1. The van der Waals surface area contributed by atoms with Crippen LogP contribution >= 0.6 is 0 Å². The van der Waals surface area contributed by atoms with Gasteiger partial charge in [-0.2, -0.15) is 0 Å². The lowest BCUT2D eigenvalue weighted by molar-refractivity contribution is 0.366. The summed E-state index contributed by atoms with van der Waals surface area (Å²) < 4.78 is 2.35. The summed E-state index contributed by atoms with van der Waals surface area (Å²) in [5, 5.41) is 0. The van der Waals surface area contributed by atoms with Gasteiger partial charge >= 0.3 is 0 Å². The molecule has 2 N–H and O–H groups in total. The van der Waals surface area contributed by atoms with Crippen LogP contribution in [0.25, 0.3) is 11.0 Å². The van der Waals surface area contributed by atoms with Crippen LogP contribution < -0.4 is 5.73 Å². The molecule has 0 amide bonds. The molecule has 1 fully saturated rings. The molecule has 1 aromatic heterocycles. The number of nitrogens with zero attached hydrogens (tertiary/aromatic N) is 2. The van der Waals surface area contributed by atoms with Gasteiger partial charge in [-0.1, -0.05) is 18.9 Å². The van der Waals surface area contributed by atoms with Crippen molar-refractivity contribution in [1.82, 2.24) is 9.55 Å². The van der Waals surface area contributed by atoms with E-state index in [4.69, 9.17) is 10.7 Å². The van der Waals surface area contributed by atoms with Gasteiger partial charge in [0.05, 0.1) is 11.0 Å². The van der Waals surface area contributed by atoms with Gasteiger partial charge in [-0.05, 0) is 44.4 Å². The van der Waals surface area contributed by atoms with Crippen LogP contribution in [0.2, 0.25) is 0 Å². The van der Waals surface area contributed by atoms with Gasteiger partial charge in [-0.15, -0.1) is 0 Å². The highest BCUT2D eigenvalue weighted by molar-refractivity contribution is 5.77. The van der Waals surface area contributed by atoms with Gasteiger partial charge in [0, 0.05) is 18.5 Å². The summed E-state index contributed by atoms with van der Waals surface area (Å²) in [5.74, 6) is 1.64. The Hall–Kier alpha value is -1.35. The van der Waals surface area contributed by atoms with Crippen LogP contribution in [0.5, 0.6) is 0 Å². The Balaban J connectivity index is 2.11. The van der Waals surface area contributed by atoms with E-state index in [1.54, 1.807) is 0 Å². The number of hydrogen-bond acceptors (Lipinski definition) is 2. The summed E-state index contributed by atoms with van der Waals surface area (Å²) in [7, 11) is 0. The molecule has 0 bridgehead atoms. The van der Waals surface area contributed by atoms with E-state index in [-0.39, 0.29) is 6.04 Å². The third kappa shape index (κ3) is 2.16. The Morgan fingerprint density at radius 3 is 2.84 bits per heavy atom. The highest BCUT2D eigenvalue weighted by Gasteiger charge is 2.27. The van der Waals surface area contributed by atoms with Crippen LogP contribution in [0.4, 0.5) is 0 Å². The van der Waals surface area contributed by atoms with E-state index >= 15 is 0 Å². The van der Waals surface area contributed by atoms with Gasteiger partial charge in [0.2, 0.25) is 0 Å². The molecule has 3 rings (SSSR count). The van der Waals surface area contributed by atoms with Gasteiger partial charge < -0.3 is 10.3 Å². The molecule has 1 aliphatic carbocycles. The molecule has 2 unspecified atom stereocenters. The summed E-state index contributed by atoms with van der Waals surface area (Å²) in [6.07, 6.45) is 4.87. The minimum Gasteiger partial charge on any atom is -0.328 e. The number of fused-ring (bicyclic) bond motifs is 1. The van der Waals surface area contributed by atoms with Crippen LogP contribution in [0.1, 0.15) is 49.9 Å². The van der Waals surface area contributed by atoms with E-state index < -0.39 is 0 Å². The highest BCUT2D eigenvalue weighted by atomic mass is 15.1. The molecular weight excluding hydrogens is 234 g/mol. The van der Waals surface area contributed by atoms with Gasteiger partial charge in [-0.3, -0.25) is 0 Å². The molecule has 2 aromatic rings. The normalized spacial score (nSPS) is 23.9. The molecule has 3 nitrogen and oxygen atoms in total. The second-order valence-electron chi connectivity index (χ2n) is 5.76. The minimum atomic E-state index is 0.275. The predicted octanol–water partition coefficient (Wildman–Crippen LogP) is 3.35. The zero-order valence-corrected chi connectivity index (χ0v) is 11.9. The lowest BCUT2D eigenvalue weighted by Crippen LogP contribution is -2.33. The third-order valence-corrected chi connectivity index (χ3v) is 4.40. The number of aryl methyl sites for hydroxylation is 2. The minimum absolute atomic E-state index is 0.275. The number of imidazole rings is 1. The first-order valence-corrected chi connectivity index (χ1v) is 7.43. The van der Waals surface area contributed by atoms with Crippen molar-refractivity contribution < 1.29 is 0 Å². The quantitative estimate of drug-likeness (QED) is 0.896. The molecule has 0 radical (unpaired) electrons. The monoisotopic (exact) mass is 257 g/mol. The van der Waals surface area contributed by atoms with Crippen molar-refractivity contribution in [3.63, 3.8) is 0 Å². The summed E-state index contributed by atoms with van der Waals surface area (Å²) in [6.45, 7) is 5.29. The Morgan fingerprint density at radius 2 is 2.11 bits per heavy atom. The Labute approximate surface area is 114 Å². The summed E-state index contributed by atoms with van der Waals surface area (Å²) in [6, 6.07) is 6.82. The molecule has 19 heavy (non-hydrogen) atoms. The standard InChI is InChI=1S/C16H23N3/c1-3-19-15-9-8-11(2)10-14(15)18-16(19)12-6-4-5-7-13(12)17/h8-10,12-13H,3-7,17H2,1-2H3. The fraction of sp³-hybridized carbons (Fsp3) is 0.562. The number of hydrogen-bond donors (Lipinski definition) is 1. The first-order chi connectivity index (χ1) is 9.20. The van der Waals surface area contributed by atoms with Gasteiger partial charge in [-0.25, -0.2) is 4.98 Å². The molecule has 3 heteroatoms. The van der Waals surface area contributed by atoms with Crippen molar-refractivity contribution >= 4 is 11.0 Å². The second-order valence-corrected chi connectivity index (χ2v) is 5.76. The predicted molar refractivity (Wildman–Crippen MR) is 79.3 cm³/mol. The van der Waals surface area contributed by atoms with Crippen LogP contribution in [0.15, 0.2) is 18.2 Å². The van der Waals surface area contributed by atoms with Crippen molar-refractivity contribution in [3.8, 4) is 0 Å². The lowest BCUT2D eigenvalue weighted by atomic mass is 9.84. The molecule has 0 saturated heterocycles. The average molecular weight is 257 g/mol. The second kappa shape index (κ2) is 4.97. The third-order valence-electron chi connectivity index (χ3n) is 4.40. The van der Waals surface area contributed by atoms with Crippen LogP contribution in [-0.4, -0.2) is 15.6 Å². The Morgan fingerprint density at radius 1 is 1.32 bits per heavy atom. The average Bonchev–Trinajstić information content (AvgIpc) is 2.76. The first kappa shape index (κ1) is 12.7. The Bertz CT molecular complexity index is 585. The zero-order chi connectivity index (χ0) is 13.4. The van der Waals surface area contributed by atoms with E-state index in [0.29, 0.717) is 5.92 Å². The smallest absolute Gasteiger partial charge is 0.114 e. The maximum atomic E-state index is 6.33. The van der Waals surface area contributed by atoms with Crippen LogP contribution in [0.3, 0.4) is 0 Å². The highest BCUT2D eigenvalue weighted by Crippen LogP contribution is 2.33. The Kier molecular flexibility index (Phi) is 3.31. The number of rotatable bonds is 2. The topological polar surface area (TPSA) is 43.8 Å². The molecule has 0 spiro atoms. The van der Waals surface area contributed by atoms with Crippen molar-refractivity contribution in [3.05, 3.63) is 29.6 Å². The zero-order valence-electron chi connectivity index (χ0n) is 11.9. The fourth-order valence-electron chi connectivity index (χ4n) is 3.35. The lowest BCUT2D eigenvalue weighted by Gasteiger charge is -2.28. The van der Waals surface area contributed by atoms with Crippen molar-refractivity contribution in [2.45, 2.75) is 58.0 Å². The van der Waals surface area contributed by atoms with E-state index in [1.165, 1.54) is 36.2 Å². The van der Waals surface area contributed by atoms with Crippen molar-refractivity contribution in [1.29, 1.82) is 0 Å². The van der Waals surface area contributed by atoms with Gasteiger partial charge in [0.15, 0.2) is 0 Å². The maximum absolute atomic E-state index is 6.33. The van der Waals surface area contributed by atoms with Crippen molar-refractivity contribution in [2.24, 2.45) is 5.73 Å². The molecule has 1 aromatic carbocycles. The summed E-state index contributed by atoms with van der Waals surface area (Å²) in [4.78, 5) is 4.90. The van der Waals surface area contributed by atoms with E-state index in [9.17, 15) is 0 Å².